The topological polar surface area (TPSA) is 75.4 Å². The molecule has 1 aromatic heterocycles. The normalized spacial score (nSPS) is 18.1. The van der Waals surface area contributed by atoms with Crippen LogP contribution in [0.2, 0.25) is 0 Å². The second-order valence-electron chi connectivity index (χ2n) is 4.16. The van der Waals surface area contributed by atoms with Gasteiger partial charge in [-0.3, -0.25) is 0 Å². The molecular weight excluding hydrogens is 278 g/mol. The molecule has 1 N–H and O–H groups in total. The first-order chi connectivity index (χ1) is 8.03. The summed E-state index contributed by atoms with van der Waals surface area (Å²) in [6.07, 6.45) is 0.822. The fourth-order valence-electron chi connectivity index (χ4n) is 2.03. The number of sulfonamides is 1. The average molecular weight is 296 g/mol. The molecule has 0 unspecified atom stereocenters. The van der Waals surface area contributed by atoms with Crippen LogP contribution in [0.5, 0.6) is 0 Å². The van der Waals surface area contributed by atoms with Gasteiger partial charge in [0.2, 0.25) is 10.0 Å². The first-order valence-corrected chi connectivity index (χ1v) is 7.11. The number of aryl methyl sites for hydroxylation is 2. The van der Waals surface area contributed by atoms with Crippen LogP contribution in [0.1, 0.15) is 17.9 Å². The molecule has 2 rings (SSSR count). The quantitative estimate of drug-likeness (QED) is 0.869. The lowest BCUT2D eigenvalue weighted by atomic mass is 10.4. The summed E-state index contributed by atoms with van der Waals surface area (Å²) in [6.45, 7) is 5.85. The third kappa shape index (κ3) is 2.85. The Kier molecular flexibility index (Phi) is 5.15. The zero-order valence-corrected chi connectivity index (χ0v) is 12.1. The van der Waals surface area contributed by atoms with Gasteiger partial charge in [-0.05, 0) is 26.8 Å². The lowest BCUT2D eigenvalue weighted by Crippen LogP contribution is -2.34. The fraction of sp³-hybridized carbons (Fsp3) is 0.700. The third-order valence-electron chi connectivity index (χ3n) is 2.86. The Morgan fingerprint density at radius 2 is 2.00 bits per heavy atom. The van der Waals surface area contributed by atoms with Crippen LogP contribution in [0.3, 0.4) is 0 Å². The molecule has 1 fully saturated rings. The highest BCUT2D eigenvalue weighted by Gasteiger charge is 2.30. The van der Waals surface area contributed by atoms with Crippen LogP contribution in [0.15, 0.2) is 9.42 Å². The number of hydrogen-bond donors (Lipinski definition) is 1. The van der Waals surface area contributed by atoms with Crippen molar-refractivity contribution in [2.45, 2.75) is 25.2 Å². The number of halogens is 1. The van der Waals surface area contributed by atoms with Crippen LogP contribution in [0.4, 0.5) is 0 Å². The van der Waals surface area contributed by atoms with E-state index in [2.05, 4.69) is 10.5 Å². The van der Waals surface area contributed by atoms with E-state index in [-0.39, 0.29) is 17.3 Å². The Bertz CT molecular complexity index is 473. The highest BCUT2D eigenvalue weighted by atomic mass is 35.5. The monoisotopic (exact) mass is 295 g/mol. The minimum atomic E-state index is -3.47. The van der Waals surface area contributed by atoms with Crippen LogP contribution in [-0.4, -0.2) is 44.1 Å². The molecule has 2 heterocycles. The molecule has 0 spiro atoms. The van der Waals surface area contributed by atoms with E-state index in [1.54, 1.807) is 13.8 Å². The summed E-state index contributed by atoms with van der Waals surface area (Å²) < 4.78 is 31.3. The molecule has 0 aromatic carbocycles. The van der Waals surface area contributed by atoms with Gasteiger partial charge in [-0.1, -0.05) is 5.16 Å². The van der Waals surface area contributed by atoms with Crippen LogP contribution in [0, 0.1) is 13.8 Å². The zero-order valence-electron chi connectivity index (χ0n) is 10.5. The Balaban J connectivity index is 0.00000162. The zero-order chi connectivity index (χ0) is 12.5. The summed E-state index contributed by atoms with van der Waals surface area (Å²) in [5, 5.41) is 6.88. The van der Waals surface area contributed by atoms with Crippen molar-refractivity contribution >= 4 is 22.4 Å². The van der Waals surface area contributed by atoms with E-state index in [4.69, 9.17) is 4.52 Å². The number of rotatable bonds is 2. The van der Waals surface area contributed by atoms with E-state index in [0.29, 0.717) is 31.1 Å². The van der Waals surface area contributed by atoms with E-state index >= 15 is 0 Å². The first-order valence-electron chi connectivity index (χ1n) is 5.67. The SMILES string of the molecule is Cc1noc(C)c1S(=O)(=O)N1CCCNCC1.Cl. The van der Waals surface area contributed by atoms with Crippen molar-refractivity contribution < 1.29 is 12.9 Å². The van der Waals surface area contributed by atoms with Gasteiger partial charge >= 0.3 is 0 Å². The number of nitrogens with zero attached hydrogens (tertiary/aromatic N) is 2. The largest absolute Gasteiger partial charge is 0.360 e. The van der Waals surface area contributed by atoms with Crippen molar-refractivity contribution in [2.24, 2.45) is 0 Å². The van der Waals surface area contributed by atoms with Crippen molar-refractivity contribution in [2.75, 3.05) is 26.2 Å². The molecule has 18 heavy (non-hydrogen) atoms. The Labute approximate surface area is 113 Å². The summed E-state index contributed by atoms with van der Waals surface area (Å²) in [6, 6.07) is 0. The summed E-state index contributed by atoms with van der Waals surface area (Å²) >= 11 is 0. The van der Waals surface area contributed by atoms with Gasteiger partial charge in [0.25, 0.3) is 0 Å². The molecular formula is C10H18ClN3O3S. The summed E-state index contributed by atoms with van der Waals surface area (Å²) in [5.41, 5.74) is 0.430. The standard InChI is InChI=1S/C10H17N3O3S.ClH/c1-8-10(9(2)16-12-8)17(14,15)13-6-3-4-11-5-7-13;/h11H,3-7H2,1-2H3;1H. The molecule has 1 saturated heterocycles. The summed E-state index contributed by atoms with van der Waals surface area (Å²) in [7, 11) is -3.47. The van der Waals surface area contributed by atoms with Gasteiger partial charge in [0, 0.05) is 19.6 Å². The lowest BCUT2D eigenvalue weighted by Gasteiger charge is -2.19. The van der Waals surface area contributed by atoms with Crippen LogP contribution in [0.25, 0.3) is 0 Å². The lowest BCUT2D eigenvalue weighted by molar-refractivity contribution is 0.389. The first kappa shape index (κ1) is 15.4. The number of hydrogen-bond acceptors (Lipinski definition) is 5. The van der Waals surface area contributed by atoms with Crippen molar-refractivity contribution in [1.82, 2.24) is 14.8 Å². The van der Waals surface area contributed by atoms with Gasteiger partial charge in [0.15, 0.2) is 5.76 Å². The molecule has 1 aromatic rings. The van der Waals surface area contributed by atoms with Crippen LogP contribution >= 0.6 is 12.4 Å². The molecule has 1 aliphatic rings. The Hall–Kier alpha value is -0.630. The average Bonchev–Trinajstić information content (AvgIpc) is 2.53. The smallest absolute Gasteiger partial charge is 0.248 e. The number of aromatic nitrogens is 1. The van der Waals surface area contributed by atoms with Crippen LogP contribution in [-0.2, 0) is 10.0 Å². The van der Waals surface area contributed by atoms with E-state index in [1.807, 2.05) is 0 Å². The van der Waals surface area contributed by atoms with Gasteiger partial charge < -0.3 is 9.84 Å². The maximum Gasteiger partial charge on any atom is 0.248 e. The predicted molar refractivity (Wildman–Crippen MR) is 69.5 cm³/mol. The van der Waals surface area contributed by atoms with E-state index in [9.17, 15) is 8.42 Å². The molecule has 0 amide bonds. The molecule has 0 saturated carbocycles. The summed E-state index contributed by atoms with van der Waals surface area (Å²) in [4.78, 5) is 0.222. The maximum atomic E-state index is 12.4. The van der Waals surface area contributed by atoms with Crippen molar-refractivity contribution in [3.63, 3.8) is 0 Å². The second-order valence-corrected chi connectivity index (χ2v) is 6.04. The second kappa shape index (κ2) is 6.01. The highest BCUT2D eigenvalue weighted by Crippen LogP contribution is 2.23. The molecule has 0 aliphatic carbocycles. The van der Waals surface area contributed by atoms with Gasteiger partial charge in [-0.25, -0.2) is 8.42 Å². The Morgan fingerprint density at radius 3 is 2.61 bits per heavy atom. The van der Waals surface area contributed by atoms with E-state index in [1.165, 1.54) is 4.31 Å². The van der Waals surface area contributed by atoms with Crippen molar-refractivity contribution in [3.8, 4) is 0 Å². The maximum absolute atomic E-state index is 12.4. The predicted octanol–water partition coefficient (Wildman–Crippen LogP) is 0.697. The molecule has 1 aliphatic heterocycles. The molecule has 0 bridgehead atoms. The Morgan fingerprint density at radius 1 is 1.28 bits per heavy atom. The van der Waals surface area contributed by atoms with Crippen LogP contribution < -0.4 is 5.32 Å². The molecule has 6 nitrogen and oxygen atoms in total. The molecule has 0 atom stereocenters. The van der Waals surface area contributed by atoms with Crippen molar-refractivity contribution in [3.05, 3.63) is 11.5 Å². The minimum absolute atomic E-state index is 0. The van der Waals surface area contributed by atoms with Gasteiger partial charge in [0.05, 0.1) is 0 Å². The van der Waals surface area contributed by atoms with Gasteiger partial charge in [-0.15, -0.1) is 12.4 Å². The van der Waals surface area contributed by atoms with E-state index in [0.717, 1.165) is 13.0 Å². The van der Waals surface area contributed by atoms with E-state index < -0.39 is 10.0 Å². The highest BCUT2D eigenvalue weighted by molar-refractivity contribution is 7.89. The summed E-state index contributed by atoms with van der Waals surface area (Å²) in [5.74, 6) is 0.361. The molecule has 0 radical (unpaired) electrons. The molecule has 104 valence electrons. The van der Waals surface area contributed by atoms with Crippen molar-refractivity contribution in [1.29, 1.82) is 0 Å². The minimum Gasteiger partial charge on any atom is -0.360 e. The third-order valence-corrected chi connectivity index (χ3v) is 5.01. The molecule has 8 heteroatoms. The number of nitrogens with one attached hydrogen (secondary N) is 1. The fourth-order valence-corrected chi connectivity index (χ4v) is 3.80. The van der Waals surface area contributed by atoms with Gasteiger partial charge in [0.1, 0.15) is 10.6 Å². The van der Waals surface area contributed by atoms with Gasteiger partial charge in [-0.2, -0.15) is 4.31 Å².